The first kappa shape index (κ1) is 13.1. The third-order valence-electron chi connectivity index (χ3n) is 5.26. The normalized spacial score (nSPS) is 34.6. The van der Waals surface area contributed by atoms with Crippen LogP contribution in [0.3, 0.4) is 0 Å². The largest absolute Gasteiger partial charge is 0.339 e. The predicted molar refractivity (Wildman–Crippen MR) is 73.6 cm³/mol. The first-order valence-corrected chi connectivity index (χ1v) is 7.65. The van der Waals surface area contributed by atoms with Crippen molar-refractivity contribution in [3.05, 3.63) is 11.7 Å². The van der Waals surface area contributed by atoms with Gasteiger partial charge in [0, 0.05) is 5.41 Å². The summed E-state index contributed by atoms with van der Waals surface area (Å²) >= 11 is 0. The topological polar surface area (TPSA) is 64.9 Å². The maximum absolute atomic E-state index is 6.51. The molecular formula is C15H25N3O. The van der Waals surface area contributed by atoms with E-state index in [9.17, 15) is 0 Å². The first-order chi connectivity index (χ1) is 9.02. The van der Waals surface area contributed by atoms with Crippen molar-refractivity contribution in [3.63, 3.8) is 0 Å². The lowest BCUT2D eigenvalue weighted by Gasteiger charge is -2.33. The Morgan fingerprint density at radius 2 is 1.79 bits per heavy atom. The summed E-state index contributed by atoms with van der Waals surface area (Å²) in [4.78, 5) is 4.68. The molecular weight excluding hydrogens is 238 g/mol. The van der Waals surface area contributed by atoms with E-state index in [-0.39, 0.29) is 11.0 Å². The second-order valence-corrected chi connectivity index (χ2v) is 7.03. The van der Waals surface area contributed by atoms with Crippen LogP contribution in [0.4, 0.5) is 0 Å². The summed E-state index contributed by atoms with van der Waals surface area (Å²) in [5.41, 5.74) is 6.24. The molecule has 0 aromatic carbocycles. The maximum Gasteiger partial charge on any atom is 0.232 e. The lowest BCUT2D eigenvalue weighted by molar-refractivity contribution is 0.228. The van der Waals surface area contributed by atoms with E-state index in [4.69, 9.17) is 10.3 Å². The van der Waals surface area contributed by atoms with Gasteiger partial charge in [-0.15, -0.1) is 0 Å². The highest BCUT2D eigenvalue weighted by molar-refractivity contribution is 5.11. The summed E-state index contributed by atoms with van der Waals surface area (Å²) < 4.78 is 5.56. The number of nitrogens with zero attached hydrogens (tertiary/aromatic N) is 2. The minimum atomic E-state index is -0.358. The number of hydrogen-bond acceptors (Lipinski definition) is 4. The molecule has 3 rings (SSSR count). The smallest absolute Gasteiger partial charge is 0.232 e. The van der Waals surface area contributed by atoms with Crippen molar-refractivity contribution in [2.24, 2.45) is 11.7 Å². The molecule has 2 saturated carbocycles. The Hall–Kier alpha value is -0.900. The Balaban J connectivity index is 1.81. The fourth-order valence-electron chi connectivity index (χ4n) is 3.54. The average Bonchev–Trinajstić information content (AvgIpc) is 3.03. The van der Waals surface area contributed by atoms with E-state index < -0.39 is 0 Å². The Kier molecular flexibility index (Phi) is 3.16. The zero-order valence-corrected chi connectivity index (χ0v) is 12.1. The van der Waals surface area contributed by atoms with Gasteiger partial charge in [-0.1, -0.05) is 31.8 Å². The number of rotatable bonds is 2. The molecule has 0 spiro atoms. The number of nitrogens with two attached hydrogens (primary N) is 1. The highest BCUT2D eigenvalue weighted by Gasteiger charge is 2.40. The molecule has 19 heavy (non-hydrogen) atoms. The van der Waals surface area contributed by atoms with Crippen molar-refractivity contribution in [1.82, 2.24) is 10.1 Å². The van der Waals surface area contributed by atoms with Crippen molar-refractivity contribution >= 4 is 0 Å². The van der Waals surface area contributed by atoms with E-state index >= 15 is 0 Å². The van der Waals surface area contributed by atoms with Crippen molar-refractivity contribution in [3.8, 4) is 0 Å². The quantitative estimate of drug-likeness (QED) is 0.889. The van der Waals surface area contributed by atoms with Crippen molar-refractivity contribution < 1.29 is 4.52 Å². The van der Waals surface area contributed by atoms with Crippen LogP contribution in [0.1, 0.15) is 76.9 Å². The molecule has 4 heteroatoms. The van der Waals surface area contributed by atoms with Gasteiger partial charge in [0.2, 0.25) is 5.89 Å². The second kappa shape index (κ2) is 4.58. The standard InChI is InChI=1S/C15H25N3O/c1-11-5-9-15(16,10-6-11)12-17-13(19-18-12)14(2)7-3-4-8-14/h11H,3-10,16H2,1-2H3. The fraction of sp³-hybridized carbons (Fsp3) is 0.867. The van der Waals surface area contributed by atoms with E-state index in [0.29, 0.717) is 0 Å². The number of hydrogen-bond donors (Lipinski definition) is 1. The monoisotopic (exact) mass is 263 g/mol. The summed E-state index contributed by atoms with van der Waals surface area (Å²) in [7, 11) is 0. The molecule has 0 radical (unpaired) electrons. The van der Waals surface area contributed by atoms with Crippen LogP contribution < -0.4 is 5.73 Å². The molecule has 1 heterocycles. The van der Waals surface area contributed by atoms with E-state index in [2.05, 4.69) is 24.0 Å². The Morgan fingerprint density at radius 1 is 1.16 bits per heavy atom. The molecule has 1 aromatic rings. The van der Waals surface area contributed by atoms with Gasteiger partial charge in [-0.2, -0.15) is 4.98 Å². The van der Waals surface area contributed by atoms with E-state index in [1.54, 1.807) is 0 Å². The molecule has 1 aromatic heterocycles. The zero-order valence-electron chi connectivity index (χ0n) is 12.1. The molecule has 0 saturated heterocycles. The van der Waals surface area contributed by atoms with Gasteiger partial charge in [-0.05, 0) is 44.4 Å². The number of aromatic nitrogens is 2. The predicted octanol–water partition coefficient (Wildman–Crippen LogP) is 3.27. The lowest BCUT2D eigenvalue weighted by atomic mass is 9.77. The Labute approximate surface area is 115 Å². The molecule has 0 bridgehead atoms. The Bertz CT molecular complexity index is 440. The third kappa shape index (κ3) is 2.31. The van der Waals surface area contributed by atoms with Gasteiger partial charge in [-0.3, -0.25) is 0 Å². The van der Waals surface area contributed by atoms with Crippen LogP contribution >= 0.6 is 0 Å². The van der Waals surface area contributed by atoms with Gasteiger partial charge in [0.15, 0.2) is 5.82 Å². The molecule has 4 nitrogen and oxygen atoms in total. The van der Waals surface area contributed by atoms with Crippen LogP contribution in [-0.2, 0) is 11.0 Å². The van der Waals surface area contributed by atoms with E-state index in [1.807, 2.05) is 0 Å². The third-order valence-corrected chi connectivity index (χ3v) is 5.26. The highest BCUT2D eigenvalue weighted by atomic mass is 16.5. The van der Waals surface area contributed by atoms with E-state index in [0.717, 1.165) is 56.2 Å². The van der Waals surface area contributed by atoms with Crippen LogP contribution in [0, 0.1) is 5.92 Å². The second-order valence-electron chi connectivity index (χ2n) is 7.03. The van der Waals surface area contributed by atoms with Crippen molar-refractivity contribution in [1.29, 1.82) is 0 Å². The minimum Gasteiger partial charge on any atom is -0.339 e. The molecule has 2 aliphatic carbocycles. The minimum absolute atomic E-state index is 0.0869. The van der Waals surface area contributed by atoms with Crippen molar-refractivity contribution in [2.45, 2.75) is 76.2 Å². The summed E-state index contributed by atoms with van der Waals surface area (Å²) in [6.45, 7) is 4.53. The molecule has 0 unspecified atom stereocenters. The van der Waals surface area contributed by atoms with Crippen LogP contribution in [-0.4, -0.2) is 10.1 Å². The lowest BCUT2D eigenvalue weighted by Crippen LogP contribution is -2.41. The summed E-state index contributed by atoms with van der Waals surface area (Å²) in [6, 6.07) is 0. The molecule has 2 fully saturated rings. The van der Waals surface area contributed by atoms with Crippen molar-refractivity contribution in [2.75, 3.05) is 0 Å². The highest BCUT2D eigenvalue weighted by Crippen LogP contribution is 2.41. The van der Waals surface area contributed by atoms with Gasteiger partial charge in [0.1, 0.15) is 0 Å². The van der Waals surface area contributed by atoms with Gasteiger partial charge in [0.25, 0.3) is 0 Å². The molecule has 2 aliphatic rings. The summed E-state index contributed by atoms with van der Waals surface area (Å²) in [5, 5.41) is 4.22. The maximum atomic E-state index is 6.51. The molecule has 0 atom stereocenters. The van der Waals surface area contributed by atoms with Crippen LogP contribution in [0.5, 0.6) is 0 Å². The van der Waals surface area contributed by atoms with Crippen LogP contribution in [0.2, 0.25) is 0 Å². The van der Waals surface area contributed by atoms with Crippen LogP contribution in [0.15, 0.2) is 4.52 Å². The first-order valence-electron chi connectivity index (χ1n) is 7.65. The SMILES string of the molecule is CC1CCC(N)(c2noc(C3(C)CCCC3)n2)CC1. The fourth-order valence-corrected chi connectivity index (χ4v) is 3.54. The molecule has 106 valence electrons. The summed E-state index contributed by atoms with van der Waals surface area (Å²) in [6.07, 6.45) is 9.12. The van der Waals surface area contributed by atoms with Gasteiger partial charge < -0.3 is 10.3 Å². The Morgan fingerprint density at radius 3 is 2.42 bits per heavy atom. The average molecular weight is 263 g/mol. The van der Waals surface area contributed by atoms with Gasteiger partial charge >= 0.3 is 0 Å². The van der Waals surface area contributed by atoms with E-state index in [1.165, 1.54) is 12.8 Å². The molecule has 0 aliphatic heterocycles. The molecule has 2 N–H and O–H groups in total. The zero-order chi connectivity index (χ0) is 13.5. The van der Waals surface area contributed by atoms with Gasteiger partial charge in [0.05, 0.1) is 5.54 Å². The van der Waals surface area contributed by atoms with Crippen LogP contribution in [0.25, 0.3) is 0 Å². The van der Waals surface area contributed by atoms with Gasteiger partial charge in [-0.25, -0.2) is 0 Å². The molecule has 0 amide bonds. The summed E-state index contributed by atoms with van der Waals surface area (Å²) in [5.74, 6) is 2.32.